The summed E-state index contributed by atoms with van der Waals surface area (Å²) in [5.74, 6) is -0.799. The summed E-state index contributed by atoms with van der Waals surface area (Å²) >= 11 is 0. The number of benzene rings is 2. The SMILES string of the molecule is O=C(NC1CC1)c1ccc(NS(=O)(=O)c2cccc(F)c2)cc1. The quantitative estimate of drug-likeness (QED) is 0.882. The van der Waals surface area contributed by atoms with Gasteiger partial charge in [0.15, 0.2) is 0 Å². The van der Waals surface area contributed by atoms with Crippen molar-refractivity contribution >= 4 is 21.6 Å². The molecule has 2 aromatic rings. The fourth-order valence-electron chi connectivity index (χ4n) is 2.03. The summed E-state index contributed by atoms with van der Waals surface area (Å²) in [4.78, 5) is 11.7. The van der Waals surface area contributed by atoms with E-state index in [9.17, 15) is 17.6 Å². The van der Waals surface area contributed by atoms with E-state index in [-0.39, 0.29) is 16.8 Å². The standard InChI is InChI=1S/C16H15FN2O3S/c17-12-2-1-3-15(10-12)23(21,22)19-14-6-4-11(5-7-14)16(20)18-13-8-9-13/h1-7,10,13,19H,8-9H2,(H,18,20). The topological polar surface area (TPSA) is 75.3 Å². The zero-order chi connectivity index (χ0) is 16.4. The van der Waals surface area contributed by atoms with Crippen LogP contribution < -0.4 is 10.0 Å². The van der Waals surface area contributed by atoms with Crippen LogP contribution in [-0.4, -0.2) is 20.4 Å². The molecule has 7 heteroatoms. The molecule has 1 amide bonds. The Morgan fingerprint density at radius 1 is 1.09 bits per heavy atom. The second-order valence-corrected chi connectivity index (χ2v) is 7.07. The number of anilines is 1. The maximum Gasteiger partial charge on any atom is 0.261 e. The van der Waals surface area contributed by atoms with Gasteiger partial charge in [-0.3, -0.25) is 9.52 Å². The Labute approximate surface area is 133 Å². The summed E-state index contributed by atoms with van der Waals surface area (Å²) in [6.45, 7) is 0. The molecule has 0 aliphatic heterocycles. The second kappa shape index (κ2) is 6.00. The van der Waals surface area contributed by atoms with Gasteiger partial charge in [-0.1, -0.05) is 6.07 Å². The smallest absolute Gasteiger partial charge is 0.261 e. The minimum Gasteiger partial charge on any atom is -0.349 e. The van der Waals surface area contributed by atoms with Crippen molar-refractivity contribution in [3.05, 3.63) is 59.9 Å². The van der Waals surface area contributed by atoms with Crippen LogP contribution in [0.15, 0.2) is 53.4 Å². The number of halogens is 1. The summed E-state index contributed by atoms with van der Waals surface area (Å²) in [6, 6.07) is 11.1. The molecule has 1 aliphatic carbocycles. The highest BCUT2D eigenvalue weighted by Crippen LogP contribution is 2.20. The van der Waals surface area contributed by atoms with Crippen molar-refractivity contribution in [2.45, 2.75) is 23.8 Å². The van der Waals surface area contributed by atoms with Crippen LogP contribution in [0.25, 0.3) is 0 Å². The molecule has 0 aromatic heterocycles. The van der Waals surface area contributed by atoms with Crippen LogP contribution >= 0.6 is 0 Å². The van der Waals surface area contributed by atoms with E-state index in [4.69, 9.17) is 0 Å². The van der Waals surface area contributed by atoms with E-state index < -0.39 is 15.8 Å². The fourth-order valence-corrected chi connectivity index (χ4v) is 3.12. The van der Waals surface area contributed by atoms with Gasteiger partial charge >= 0.3 is 0 Å². The number of carbonyl (C=O) groups is 1. The first-order valence-electron chi connectivity index (χ1n) is 7.13. The highest BCUT2D eigenvalue weighted by atomic mass is 32.2. The molecular weight excluding hydrogens is 319 g/mol. The predicted molar refractivity (Wildman–Crippen MR) is 84.1 cm³/mol. The first kappa shape index (κ1) is 15.5. The van der Waals surface area contributed by atoms with Crippen LogP contribution in [0, 0.1) is 5.82 Å². The lowest BCUT2D eigenvalue weighted by Gasteiger charge is -2.09. The Morgan fingerprint density at radius 3 is 2.39 bits per heavy atom. The van der Waals surface area contributed by atoms with Crippen LogP contribution in [0.1, 0.15) is 23.2 Å². The van der Waals surface area contributed by atoms with E-state index >= 15 is 0 Å². The molecule has 0 spiro atoms. The Balaban J connectivity index is 1.73. The molecule has 2 N–H and O–H groups in total. The molecule has 0 unspecified atom stereocenters. The van der Waals surface area contributed by atoms with Crippen molar-refractivity contribution in [2.75, 3.05) is 4.72 Å². The van der Waals surface area contributed by atoms with Gasteiger partial charge in [0.1, 0.15) is 5.82 Å². The number of nitrogens with one attached hydrogen (secondary N) is 2. The number of rotatable bonds is 5. The second-order valence-electron chi connectivity index (χ2n) is 5.39. The van der Waals surface area contributed by atoms with Crippen LogP contribution in [0.5, 0.6) is 0 Å². The van der Waals surface area contributed by atoms with Crippen LogP contribution in [0.3, 0.4) is 0 Å². The molecule has 2 aromatic carbocycles. The molecule has 1 saturated carbocycles. The molecular formula is C16H15FN2O3S. The lowest BCUT2D eigenvalue weighted by atomic mass is 10.2. The average molecular weight is 334 g/mol. The van der Waals surface area contributed by atoms with Gasteiger partial charge in [0.05, 0.1) is 4.90 Å². The van der Waals surface area contributed by atoms with E-state index in [1.165, 1.54) is 30.3 Å². The van der Waals surface area contributed by atoms with Gasteiger partial charge in [-0.2, -0.15) is 0 Å². The molecule has 0 radical (unpaired) electrons. The minimum absolute atomic E-state index is 0.159. The summed E-state index contributed by atoms with van der Waals surface area (Å²) in [6.07, 6.45) is 1.99. The molecule has 1 aliphatic rings. The van der Waals surface area contributed by atoms with Crippen molar-refractivity contribution in [3.8, 4) is 0 Å². The highest BCUT2D eigenvalue weighted by Gasteiger charge is 2.23. The normalized spacial score (nSPS) is 14.3. The fraction of sp³-hybridized carbons (Fsp3) is 0.188. The number of carbonyl (C=O) groups excluding carboxylic acids is 1. The Morgan fingerprint density at radius 2 is 1.78 bits per heavy atom. The Kier molecular flexibility index (Phi) is 4.04. The van der Waals surface area contributed by atoms with Crippen molar-refractivity contribution in [1.82, 2.24) is 5.32 Å². The Hall–Kier alpha value is -2.41. The summed E-state index contributed by atoms with van der Waals surface area (Å²) in [5.41, 5.74) is 0.767. The van der Waals surface area contributed by atoms with Crippen molar-refractivity contribution in [1.29, 1.82) is 0 Å². The van der Waals surface area contributed by atoms with Gasteiger partial charge in [-0.15, -0.1) is 0 Å². The van der Waals surface area contributed by atoms with Gasteiger partial charge < -0.3 is 5.32 Å². The number of hydrogen-bond donors (Lipinski definition) is 2. The van der Waals surface area contributed by atoms with Crippen LogP contribution in [0.2, 0.25) is 0 Å². The van der Waals surface area contributed by atoms with Crippen molar-refractivity contribution in [2.24, 2.45) is 0 Å². The maximum absolute atomic E-state index is 13.2. The molecule has 23 heavy (non-hydrogen) atoms. The van der Waals surface area contributed by atoms with E-state index in [1.54, 1.807) is 12.1 Å². The van der Waals surface area contributed by atoms with Gasteiger partial charge in [-0.05, 0) is 55.3 Å². The first-order chi connectivity index (χ1) is 10.9. The van der Waals surface area contributed by atoms with E-state index in [0.29, 0.717) is 11.3 Å². The Bertz CT molecular complexity index is 831. The summed E-state index contributed by atoms with van der Waals surface area (Å²) in [7, 11) is -3.87. The molecule has 120 valence electrons. The highest BCUT2D eigenvalue weighted by molar-refractivity contribution is 7.92. The van der Waals surface area contributed by atoms with E-state index in [0.717, 1.165) is 18.9 Å². The lowest BCUT2D eigenvalue weighted by Crippen LogP contribution is -2.25. The third-order valence-electron chi connectivity index (χ3n) is 3.42. The van der Waals surface area contributed by atoms with Gasteiger partial charge in [0.2, 0.25) is 0 Å². The zero-order valence-electron chi connectivity index (χ0n) is 12.1. The molecule has 0 heterocycles. The van der Waals surface area contributed by atoms with Crippen molar-refractivity contribution < 1.29 is 17.6 Å². The largest absolute Gasteiger partial charge is 0.349 e. The predicted octanol–water partition coefficient (Wildman–Crippen LogP) is 2.52. The average Bonchev–Trinajstić information content (AvgIpc) is 3.31. The number of amides is 1. The van der Waals surface area contributed by atoms with Gasteiger partial charge in [0, 0.05) is 17.3 Å². The third kappa shape index (κ3) is 3.87. The molecule has 0 saturated heterocycles. The molecule has 0 bridgehead atoms. The maximum atomic E-state index is 13.2. The van der Waals surface area contributed by atoms with Gasteiger partial charge in [-0.25, -0.2) is 12.8 Å². The molecule has 0 atom stereocenters. The summed E-state index contributed by atoms with van der Waals surface area (Å²) < 4.78 is 39.8. The van der Waals surface area contributed by atoms with Gasteiger partial charge in [0.25, 0.3) is 15.9 Å². The molecule has 3 rings (SSSR count). The van der Waals surface area contributed by atoms with Crippen molar-refractivity contribution in [3.63, 3.8) is 0 Å². The lowest BCUT2D eigenvalue weighted by molar-refractivity contribution is 0.0951. The number of hydrogen-bond acceptors (Lipinski definition) is 3. The number of sulfonamides is 1. The first-order valence-corrected chi connectivity index (χ1v) is 8.62. The van der Waals surface area contributed by atoms with Crippen LogP contribution in [-0.2, 0) is 10.0 Å². The van der Waals surface area contributed by atoms with Crippen LogP contribution in [0.4, 0.5) is 10.1 Å². The molecule has 1 fully saturated rings. The minimum atomic E-state index is -3.87. The summed E-state index contributed by atoms with van der Waals surface area (Å²) in [5, 5.41) is 2.85. The van der Waals surface area contributed by atoms with E-state index in [2.05, 4.69) is 10.0 Å². The monoisotopic (exact) mass is 334 g/mol. The van der Waals surface area contributed by atoms with E-state index in [1.807, 2.05) is 0 Å². The zero-order valence-corrected chi connectivity index (χ0v) is 12.9. The molecule has 5 nitrogen and oxygen atoms in total. The third-order valence-corrected chi connectivity index (χ3v) is 4.80.